The summed E-state index contributed by atoms with van der Waals surface area (Å²) >= 11 is 0. The van der Waals surface area contributed by atoms with Crippen molar-refractivity contribution in [1.82, 2.24) is 4.98 Å². The summed E-state index contributed by atoms with van der Waals surface area (Å²) in [5, 5.41) is 1.26. The Bertz CT molecular complexity index is 562. The molecule has 0 fully saturated rings. The monoisotopic (exact) mass is 226 g/mol. The van der Waals surface area contributed by atoms with E-state index in [1.54, 1.807) is 0 Å². The third-order valence-corrected chi connectivity index (χ3v) is 2.98. The van der Waals surface area contributed by atoms with Crippen LogP contribution >= 0.6 is 0 Å². The number of H-pyrrole nitrogens is 1. The van der Waals surface area contributed by atoms with Crippen molar-refractivity contribution in [3.8, 4) is 0 Å². The first-order valence-electron chi connectivity index (χ1n) is 5.90. The Hall–Kier alpha value is -1.80. The summed E-state index contributed by atoms with van der Waals surface area (Å²) in [6.45, 7) is 6.55. The van der Waals surface area contributed by atoms with Crippen molar-refractivity contribution in [2.45, 2.75) is 13.3 Å². The van der Waals surface area contributed by atoms with Crippen LogP contribution in [0.3, 0.4) is 0 Å². The molecule has 0 aliphatic carbocycles. The van der Waals surface area contributed by atoms with Gasteiger partial charge in [0.2, 0.25) is 0 Å². The molecule has 2 heteroatoms. The van der Waals surface area contributed by atoms with Crippen LogP contribution in [0, 0.1) is 0 Å². The predicted octanol–water partition coefficient (Wildman–Crippen LogP) is 3.35. The second-order valence-corrected chi connectivity index (χ2v) is 4.05. The Kier molecular flexibility index (Phi) is 3.45. The van der Waals surface area contributed by atoms with Crippen molar-refractivity contribution in [3.05, 3.63) is 47.7 Å². The first kappa shape index (κ1) is 11.7. The molecule has 0 aliphatic heterocycles. The summed E-state index contributed by atoms with van der Waals surface area (Å²) in [5.74, 6) is 0. The van der Waals surface area contributed by atoms with E-state index in [0.29, 0.717) is 6.54 Å². The Labute approximate surface area is 102 Å². The quantitative estimate of drug-likeness (QED) is 0.824. The van der Waals surface area contributed by atoms with E-state index in [4.69, 9.17) is 5.73 Å². The highest BCUT2D eigenvalue weighted by Crippen LogP contribution is 2.26. The Morgan fingerprint density at radius 2 is 2.24 bits per heavy atom. The average Bonchev–Trinajstić information content (AvgIpc) is 2.74. The van der Waals surface area contributed by atoms with E-state index in [-0.39, 0.29) is 0 Å². The number of aromatic nitrogens is 1. The van der Waals surface area contributed by atoms with Gasteiger partial charge in [0.15, 0.2) is 0 Å². The standard InChI is InChI=1S/C15H18N2/c1-3-5-13-11(4-2)6-7-14-12(8-9-16)10-17-15(13)14/h3-7,10,17H,2,8-9,16H2,1H3/b5-3-. The van der Waals surface area contributed by atoms with Gasteiger partial charge < -0.3 is 10.7 Å². The van der Waals surface area contributed by atoms with Gasteiger partial charge >= 0.3 is 0 Å². The fraction of sp³-hybridized carbons (Fsp3) is 0.200. The van der Waals surface area contributed by atoms with Gasteiger partial charge in [-0.3, -0.25) is 0 Å². The van der Waals surface area contributed by atoms with Gasteiger partial charge in [-0.2, -0.15) is 0 Å². The van der Waals surface area contributed by atoms with E-state index in [2.05, 4.69) is 36.0 Å². The first-order valence-corrected chi connectivity index (χ1v) is 5.90. The highest BCUT2D eigenvalue weighted by atomic mass is 14.7. The molecule has 0 atom stereocenters. The van der Waals surface area contributed by atoms with Crippen LogP contribution in [0.2, 0.25) is 0 Å². The van der Waals surface area contributed by atoms with Crippen LogP contribution in [0.1, 0.15) is 23.6 Å². The number of hydrogen-bond donors (Lipinski definition) is 2. The summed E-state index contributed by atoms with van der Waals surface area (Å²) in [6.07, 6.45) is 9.01. The zero-order valence-corrected chi connectivity index (χ0v) is 10.2. The first-order chi connectivity index (χ1) is 8.31. The van der Waals surface area contributed by atoms with Crippen molar-refractivity contribution in [3.63, 3.8) is 0 Å². The number of benzene rings is 1. The highest BCUT2D eigenvalue weighted by Gasteiger charge is 2.08. The molecular formula is C15H18N2. The Morgan fingerprint density at radius 3 is 2.88 bits per heavy atom. The molecule has 0 aliphatic rings. The van der Waals surface area contributed by atoms with E-state index >= 15 is 0 Å². The minimum atomic E-state index is 0.676. The van der Waals surface area contributed by atoms with Crippen LogP contribution < -0.4 is 5.73 Å². The molecule has 0 bridgehead atoms. The molecule has 2 aromatic rings. The summed E-state index contributed by atoms with van der Waals surface area (Å²) < 4.78 is 0. The van der Waals surface area contributed by atoms with Crippen LogP contribution in [0.25, 0.3) is 23.1 Å². The summed E-state index contributed by atoms with van der Waals surface area (Å²) in [4.78, 5) is 3.35. The third kappa shape index (κ3) is 2.04. The fourth-order valence-electron chi connectivity index (χ4n) is 2.18. The van der Waals surface area contributed by atoms with Gasteiger partial charge in [-0.15, -0.1) is 0 Å². The van der Waals surface area contributed by atoms with Crippen LogP contribution in [0.15, 0.2) is 31.0 Å². The fourth-order valence-corrected chi connectivity index (χ4v) is 2.18. The van der Waals surface area contributed by atoms with Gasteiger partial charge in [0, 0.05) is 17.1 Å². The predicted molar refractivity (Wildman–Crippen MR) is 75.9 cm³/mol. The van der Waals surface area contributed by atoms with Gasteiger partial charge in [-0.1, -0.05) is 36.9 Å². The van der Waals surface area contributed by atoms with Crippen molar-refractivity contribution in [2.75, 3.05) is 6.54 Å². The molecule has 1 heterocycles. The van der Waals surface area contributed by atoms with E-state index in [1.165, 1.54) is 22.0 Å². The number of hydrogen-bond acceptors (Lipinski definition) is 1. The molecule has 17 heavy (non-hydrogen) atoms. The third-order valence-electron chi connectivity index (χ3n) is 2.98. The highest BCUT2D eigenvalue weighted by molar-refractivity contribution is 5.93. The molecule has 1 aromatic carbocycles. The number of nitrogens with two attached hydrogens (primary N) is 1. The van der Waals surface area contributed by atoms with Crippen LogP contribution in [-0.4, -0.2) is 11.5 Å². The second kappa shape index (κ2) is 5.02. The molecule has 0 unspecified atom stereocenters. The van der Waals surface area contributed by atoms with Crippen molar-refractivity contribution >= 4 is 23.1 Å². The zero-order chi connectivity index (χ0) is 12.3. The number of rotatable bonds is 4. The SMILES string of the molecule is C=Cc1ccc2c(CCN)c[nH]c2c1/C=C\C. The lowest BCUT2D eigenvalue weighted by atomic mass is 10.0. The smallest absolute Gasteiger partial charge is 0.0536 e. The normalized spacial score (nSPS) is 11.4. The molecule has 0 spiro atoms. The maximum atomic E-state index is 5.62. The molecule has 1 aromatic heterocycles. The maximum absolute atomic E-state index is 5.62. The van der Waals surface area contributed by atoms with Gasteiger partial charge in [-0.25, -0.2) is 0 Å². The van der Waals surface area contributed by atoms with Crippen LogP contribution in [0.5, 0.6) is 0 Å². The van der Waals surface area contributed by atoms with Crippen LogP contribution in [-0.2, 0) is 6.42 Å². The minimum Gasteiger partial charge on any atom is -0.360 e. The average molecular weight is 226 g/mol. The zero-order valence-electron chi connectivity index (χ0n) is 10.2. The molecular weight excluding hydrogens is 208 g/mol. The molecule has 2 rings (SSSR count). The lowest BCUT2D eigenvalue weighted by Crippen LogP contribution is -2.01. The van der Waals surface area contributed by atoms with Crippen molar-refractivity contribution in [2.24, 2.45) is 5.73 Å². The van der Waals surface area contributed by atoms with Crippen molar-refractivity contribution < 1.29 is 0 Å². The minimum absolute atomic E-state index is 0.676. The topological polar surface area (TPSA) is 41.8 Å². The molecule has 2 nitrogen and oxygen atoms in total. The van der Waals surface area contributed by atoms with Gasteiger partial charge in [0.1, 0.15) is 0 Å². The number of allylic oxidation sites excluding steroid dienone is 1. The molecule has 0 saturated heterocycles. The number of fused-ring (bicyclic) bond motifs is 1. The van der Waals surface area contributed by atoms with E-state index in [9.17, 15) is 0 Å². The van der Waals surface area contributed by atoms with E-state index < -0.39 is 0 Å². The molecule has 0 amide bonds. The molecule has 3 N–H and O–H groups in total. The van der Waals surface area contributed by atoms with Gasteiger partial charge in [0.05, 0.1) is 5.52 Å². The molecule has 0 radical (unpaired) electrons. The largest absolute Gasteiger partial charge is 0.360 e. The van der Waals surface area contributed by atoms with Crippen LogP contribution in [0.4, 0.5) is 0 Å². The van der Waals surface area contributed by atoms with Gasteiger partial charge in [-0.05, 0) is 31.0 Å². The number of nitrogens with one attached hydrogen (secondary N) is 1. The summed E-state index contributed by atoms with van der Waals surface area (Å²) in [5.41, 5.74) is 10.4. The van der Waals surface area contributed by atoms with E-state index in [1.807, 2.05) is 19.1 Å². The maximum Gasteiger partial charge on any atom is 0.0536 e. The summed E-state index contributed by atoms with van der Waals surface area (Å²) in [7, 11) is 0. The lowest BCUT2D eigenvalue weighted by Gasteiger charge is -2.04. The van der Waals surface area contributed by atoms with E-state index in [0.717, 1.165) is 12.0 Å². The summed E-state index contributed by atoms with van der Waals surface area (Å²) in [6, 6.07) is 4.25. The Balaban J connectivity index is 2.69. The molecule has 0 saturated carbocycles. The van der Waals surface area contributed by atoms with Crippen molar-refractivity contribution in [1.29, 1.82) is 0 Å². The lowest BCUT2D eigenvalue weighted by molar-refractivity contribution is 0.976. The van der Waals surface area contributed by atoms with Gasteiger partial charge in [0.25, 0.3) is 0 Å². The number of aromatic amines is 1. The Morgan fingerprint density at radius 1 is 1.41 bits per heavy atom. The second-order valence-electron chi connectivity index (χ2n) is 4.05. The molecule has 88 valence electrons.